The van der Waals surface area contributed by atoms with Gasteiger partial charge in [0.2, 0.25) is 0 Å². The summed E-state index contributed by atoms with van der Waals surface area (Å²) in [5.41, 5.74) is 3.55. The minimum Gasteiger partial charge on any atom is -0.481 e. The van der Waals surface area contributed by atoms with Crippen molar-refractivity contribution in [1.29, 1.82) is 0 Å². The lowest BCUT2D eigenvalue weighted by molar-refractivity contribution is -0.136. The number of para-hydroxylation sites is 2. The summed E-state index contributed by atoms with van der Waals surface area (Å²) < 4.78 is 2.05. The van der Waals surface area contributed by atoms with Crippen LogP contribution in [-0.2, 0) is 11.2 Å². The predicted octanol–water partition coefficient (Wildman–Crippen LogP) is 3.82. The third kappa shape index (κ3) is 2.45. The fourth-order valence-electron chi connectivity index (χ4n) is 3.43. The molecule has 25 heavy (non-hydrogen) atoms. The molecule has 0 aliphatic carbocycles. The SMILES string of the molecule is Cc1nc(-n2c(C)c(CC(=O)O)c3ccccc32)c2ccccc2n1. The Morgan fingerprint density at radius 2 is 1.68 bits per heavy atom. The number of hydrogen-bond acceptors (Lipinski definition) is 3. The van der Waals surface area contributed by atoms with Gasteiger partial charge in [-0.15, -0.1) is 0 Å². The lowest BCUT2D eigenvalue weighted by Gasteiger charge is -2.12. The molecular formula is C20H17N3O2. The van der Waals surface area contributed by atoms with E-state index in [9.17, 15) is 9.90 Å². The van der Waals surface area contributed by atoms with Crippen molar-refractivity contribution >= 4 is 27.8 Å². The smallest absolute Gasteiger partial charge is 0.307 e. The Bertz CT molecular complexity index is 1130. The molecule has 0 bridgehead atoms. The highest BCUT2D eigenvalue weighted by Gasteiger charge is 2.19. The Labute approximate surface area is 144 Å². The molecule has 0 radical (unpaired) electrons. The Kier molecular flexibility index (Phi) is 3.50. The van der Waals surface area contributed by atoms with Crippen LogP contribution in [0.2, 0.25) is 0 Å². The first-order valence-corrected chi connectivity index (χ1v) is 8.10. The molecule has 124 valence electrons. The highest BCUT2D eigenvalue weighted by molar-refractivity contribution is 5.93. The Hall–Kier alpha value is -3.21. The van der Waals surface area contributed by atoms with Crippen LogP contribution < -0.4 is 0 Å². The maximum Gasteiger partial charge on any atom is 0.307 e. The number of carbonyl (C=O) groups is 1. The van der Waals surface area contributed by atoms with Crippen LogP contribution in [0.4, 0.5) is 0 Å². The molecule has 1 N–H and O–H groups in total. The number of carboxylic acid groups (broad SMARTS) is 1. The molecule has 5 nitrogen and oxygen atoms in total. The minimum absolute atomic E-state index is 0.0126. The third-order valence-corrected chi connectivity index (χ3v) is 4.48. The van der Waals surface area contributed by atoms with E-state index < -0.39 is 5.97 Å². The molecule has 4 rings (SSSR count). The molecule has 0 spiro atoms. The molecule has 2 aromatic heterocycles. The quantitative estimate of drug-likeness (QED) is 0.620. The predicted molar refractivity (Wildman–Crippen MR) is 97.2 cm³/mol. The van der Waals surface area contributed by atoms with Crippen LogP contribution in [-0.4, -0.2) is 25.6 Å². The van der Waals surface area contributed by atoms with Gasteiger partial charge >= 0.3 is 5.97 Å². The Balaban J connectivity index is 2.12. The first-order chi connectivity index (χ1) is 12.1. The van der Waals surface area contributed by atoms with Gasteiger partial charge < -0.3 is 5.11 Å². The lowest BCUT2D eigenvalue weighted by atomic mass is 10.1. The molecule has 2 heterocycles. The van der Waals surface area contributed by atoms with Crippen molar-refractivity contribution in [1.82, 2.24) is 14.5 Å². The molecule has 0 saturated heterocycles. The maximum atomic E-state index is 11.3. The summed E-state index contributed by atoms with van der Waals surface area (Å²) >= 11 is 0. The molecule has 0 unspecified atom stereocenters. The van der Waals surface area contributed by atoms with Gasteiger partial charge in [-0.2, -0.15) is 0 Å². The molecule has 0 fully saturated rings. The van der Waals surface area contributed by atoms with Crippen molar-refractivity contribution in [3.8, 4) is 5.82 Å². The zero-order valence-electron chi connectivity index (χ0n) is 14.0. The summed E-state index contributed by atoms with van der Waals surface area (Å²) in [5, 5.41) is 11.2. The van der Waals surface area contributed by atoms with Gasteiger partial charge in [-0.25, -0.2) is 9.97 Å². The fraction of sp³-hybridized carbons (Fsp3) is 0.150. The standard InChI is InChI=1S/C20H17N3O2/c1-12-16(11-19(24)25)14-7-4-6-10-18(14)23(12)20-15-8-3-5-9-17(15)21-13(2)22-20/h3-10H,11H2,1-2H3,(H,24,25). The van der Waals surface area contributed by atoms with Crippen LogP contribution in [0.5, 0.6) is 0 Å². The van der Waals surface area contributed by atoms with E-state index in [2.05, 4.69) is 9.97 Å². The number of aryl methyl sites for hydroxylation is 1. The monoisotopic (exact) mass is 331 g/mol. The Morgan fingerprint density at radius 3 is 2.44 bits per heavy atom. The average Bonchev–Trinajstić information content (AvgIpc) is 2.86. The van der Waals surface area contributed by atoms with Crippen molar-refractivity contribution in [3.63, 3.8) is 0 Å². The van der Waals surface area contributed by atoms with E-state index in [1.54, 1.807) is 0 Å². The van der Waals surface area contributed by atoms with Crippen molar-refractivity contribution in [2.24, 2.45) is 0 Å². The van der Waals surface area contributed by atoms with Gasteiger partial charge in [0.1, 0.15) is 11.6 Å². The van der Waals surface area contributed by atoms with E-state index in [0.717, 1.165) is 38.9 Å². The lowest BCUT2D eigenvalue weighted by Crippen LogP contribution is -2.06. The van der Waals surface area contributed by atoms with Gasteiger partial charge in [0.05, 0.1) is 17.5 Å². The average molecular weight is 331 g/mol. The number of carboxylic acids is 1. The van der Waals surface area contributed by atoms with E-state index in [0.29, 0.717) is 5.82 Å². The summed E-state index contributed by atoms with van der Waals surface area (Å²) in [5.74, 6) is 0.633. The van der Waals surface area contributed by atoms with E-state index in [4.69, 9.17) is 0 Å². The molecule has 0 atom stereocenters. The summed E-state index contributed by atoms with van der Waals surface area (Å²) in [4.78, 5) is 20.5. The van der Waals surface area contributed by atoms with E-state index in [1.807, 2.05) is 66.9 Å². The third-order valence-electron chi connectivity index (χ3n) is 4.48. The van der Waals surface area contributed by atoms with Crippen LogP contribution in [0.25, 0.3) is 27.6 Å². The summed E-state index contributed by atoms with van der Waals surface area (Å²) in [6.45, 7) is 3.82. The summed E-state index contributed by atoms with van der Waals surface area (Å²) in [7, 11) is 0. The molecule has 0 saturated carbocycles. The van der Waals surface area contributed by atoms with E-state index in [1.165, 1.54) is 0 Å². The largest absolute Gasteiger partial charge is 0.481 e. The molecule has 0 aliphatic rings. The van der Waals surface area contributed by atoms with Crippen molar-refractivity contribution in [2.75, 3.05) is 0 Å². The minimum atomic E-state index is -0.838. The van der Waals surface area contributed by atoms with E-state index >= 15 is 0 Å². The van der Waals surface area contributed by atoms with Crippen LogP contribution in [0, 0.1) is 13.8 Å². The Morgan fingerprint density at radius 1 is 1.00 bits per heavy atom. The topological polar surface area (TPSA) is 68.0 Å². The van der Waals surface area contributed by atoms with Crippen LogP contribution in [0.3, 0.4) is 0 Å². The van der Waals surface area contributed by atoms with Crippen molar-refractivity contribution in [3.05, 3.63) is 65.6 Å². The molecule has 2 aromatic carbocycles. The molecular weight excluding hydrogens is 314 g/mol. The fourth-order valence-corrected chi connectivity index (χ4v) is 3.43. The summed E-state index contributed by atoms with van der Waals surface area (Å²) in [6, 6.07) is 15.7. The van der Waals surface area contributed by atoms with Gasteiger partial charge in [-0.1, -0.05) is 30.3 Å². The van der Waals surface area contributed by atoms with Crippen molar-refractivity contribution in [2.45, 2.75) is 20.3 Å². The second kappa shape index (κ2) is 5.70. The van der Waals surface area contributed by atoms with E-state index in [-0.39, 0.29) is 6.42 Å². The molecule has 0 amide bonds. The number of rotatable bonds is 3. The number of nitrogens with zero attached hydrogens (tertiary/aromatic N) is 3. The van der Waals surface area contributed by atoms with Crippen LogP contribution in [0.15, 0.2) is 48.5 Å². The number of hydrogen-bond donors (Lipinski definition) is 1. The maximum absolute atomic E-state index is 11.3. The molecule has 4 aromatic rings. The first-order valence-electron chi connectivity index (χ1n) is 8.10. The first kappa shape index (κ1) is 15.3. The highest BCUT2D eigenvalue weighted by atomic mass is 16.4. The zero-order valence-corrected chi connectivity index (χ0v) is 14.0. The number of aliphatic carboxylic acids is 1. The van der Waals surface area contributed by atoms with Gasteiger partial charge in [-0.3, -0.25) is 9.36 Å². The second-order valence-corrected chi connectivity index (χ2v) is 6.10. The number of aromatic nitrogens is 3. The zero-order chi connectivity index (χ0) is 17.6. The highest BCUT2D eigenvalue weighted by Crippen LogP contribution is 2.31. The second-order valence-electron chi connectivity index (χ2n) is 6.10. The van der Waals surface area contributed by atoms with Gasteiger partial charge in [0.25, 0.3) is 0 Å². The molecule has 5 heteroatoms. The normalized spacial score (nSPS) is 11.3. The number of fused-ring (bicyclic) bond motifs is 2. The van der Waals surface area contributed by atoms with Crippen LogP contribution >= 0.6 is 0 Å². The van der Waals surface area contributed by atoms with Gasteiger partial charge in [0, 0.05) is 16.5 Å². The van der Waals surface area contributed by atoms with Gasteiger partial charge in [-0.05, 0) is 37.6 Å². The van der Waals surface area contributed by atoms with Crippen molar-refractivity contribution < 1.29 is 9.90 Å². The molecule has 0 aliphatic heterocycles. The van der Waals surface area contributed by atoms with Gasteiger partial charge in [0.15, 0.2) is 0 Å². The summed E-state index contributed by atoms with van der Waals surface area (Å²) in [6.07, 6.45) is -0.0126. The van der Waals surface area contributed by atoms with Crippen LogP contribution in [0.1, 0.15) is 17.1 Å². The number of benzene rings is 2.